The molecule has 30 heavy (non-hydrogen) atoms. The highest BCUT2D eigenvalue weighted by Crippen LogP contribution is 2.32. The fourth-order valence-corrected chi connectivity index (χ4v) is 3.41. The van der Waals surface area contributed by atoms with Crippen molar-refractivity contribution in [1.82, 2.24) is 14.7 Å². The number of amides is 1. The number of allylic oxidation sites excluding steroid dienone is 5. The third-order valence-corrected chi connectivity index (χ3v) is 5.03. The van der Waals surface area contributed by atoms with Gasteiger partial charge in [-0.05, 0) is 37.1 Å². The number of aromatic nitrogens is 2. The Labute approximate surface area is 172 Å². The van der Waals surface area contributed by atoms with E-state index >= 15 is 0 Å². The molecule has 0 spiro atoms. The Morgan fingerprint density at radius 2 is 1.93 bits per heavy atom. The van der Waals surface area contributed by atoms with Crippen LogP contribution in [-0.4, -0.2) is 33.3 Å². The summed E-state index contributed by atoms with van der Waals surface area (Å²) in [7, 11) is 0. The van der Waals surface area contributed by atoms with Crippen molar-refractivity contribution in [2.75, 3.05) is 11.9 Å². The lowest BCUT2D eigenvalue weighted by molar-refractivity contribution is -0.137. The van der Waals surface area contributed by atoms with Gasteiger partial charge in [0, 0.05) is 42.8 Å². The number of anilines is 1. The lowest BCUT2D eigenvalue weighted by Gasteiger charge is -2.34. The summed E-state index contributed by atoms with van der Waals surface area (Å²) in [5, 5.41) is 14.8. The second kappa shape index (κ2) is 8.28. The summed E-state index contributed by atoms with van der Waals surface area (Å²) in [5.74, 6) is -0.471. The zero-order valence-electron chi connectivity index (χ0n) is 16.1. The quantitative estimate of drug-likeness (QED) is 0.569. The minimum Gasteiger partial charge on any atom is -0.354 e. The largest absolute Gasteiger partial charge is 0.354 e. The van der Waals surface area contributed by atoms with E-state index in [2.05, 4.69) is 10.4 Å². The molecule has 1 fully saturated rings. The third kappa shape index (κ3) is 3.84. The molecule has 8 heteroatoms. The Bertz CT molecular complexity index is 1150. The van der Waals surface area contributed by atoms with Crippen LogP contribution in [0.3, 0.4) is 0 Å². The molecule has 1 aliphatic heterocycles. The number of hydrogen-bond acceptors (Lipinski definition) is 5. The van der Waals surface area contributed by atoms with Gasteiger partial charge in [0.15, 0.2) is 5.69 Å². The molecule has 2 N–H and O–H groups in total. The number of benzene rings is 1. The highest BCUT2D eigenvalue weighted by molar-refractivity contribution is 5.87. The molecule has 1 aromatic carbocycles. The van der Waals surface area contributed by atoms with E-state index in [1.807, 2.05) is 30.3 Å². The van der Waals surface area contributed by atoms with Crippen LogP contribution in [0.4, 0.5) is 10.1 Å². The maximum absolute atomic E-state index is 14.8. The fraction of sp³-hybridized carbons (Fsp3) is 0.182. The molecule has 0 bridgehead atoms. The van der Waals surface area contributed by atoms with E-state index in [-0.39, 0.29) is 17.0 Å². The van der Waals surface area contributed by atoms with Crippen molar-refractivity contribution in [3.63, 3.8) is 0 Å². The summed E-state index contributed by atoms with van der Waals surface area (Å²) in [4.78, 5) is 25.7. The molecule has 2 aliphatic rings. The number of hydrogen-bond donors (Lipinski definition) is 2. The SMILES string of the molecule is N=C/C=C(\Nc1ccccc1)c1nn(C2=C(F)C=C(N3CCC3=O)CC2)ccc1=O. The predicted molar refractivity (Wildman–Crippen MR) is 113 cm³/mol. The van der Waals surface area contributed by atoms with E-state index in [0.717, 1.165) is 11.9 Å². The van der Waals surface area contributed by atoms with Gasteiger partial charge in [0.2, 0.25) is 11.3 Å². The van der Waals surface area contributed by atoms with Gasteiger partial charge in [-0.25, -0.2) is 9.07 Å². The van der Waals surface area contributed by atoms with Crippen LogP contribution in [0, 0.1) is 5.41 Å². The van der Waals surface area contributed by atoms with Crippen LogP contribution in [0.1, 0.15) is 25.0 Å². The van der Waals surface area contributed by atoms with Gasteiger partial charge in [0.05, 0.1) is 11.4 Å². The van der Waals surface area contributed by atoms with Crippen molar-refractivity contribution in [2.24, 2.45) is 0 Å². The molecule has 0 unspecified atom stereocenters. The molecule has 4 rings (SSSR count). The first-order valence-corrected chi connectivity index (χ1v) is 9.60. The zero-order valence-corrected chi connectivity index (χ0v) is 16.1. The average Bonchev–Trinajstić information content (AvgIpc) is 2.74. The fourth-order valence-electron chi connectivity index (χ4n) is 3.41. The van der Waals surface area contributed by atoms with Gasteiger partial charge in [0.1, 0.15) is 5.83 Å². The number of carbonyl (C=O) groups is 1. The van der Waals surface area contributed by atoms with Crippen molar-refractivity contribution in [1.29, 1.82) is 5.41 Å². The number of nitrogens with zero attached hydrogens (tertiary/aromatic N) is 3. The Morgan fingerprint density at radius 1 is 1.13 bits per heavy atom. The van der Waals surface area contributed by atoms with Crippen molar-refractivity contribution in [3.8, 4) is 0 Å². The molecule has 0 atom stereocenters. The first-order valence-electron chi connectivity index (χ1n) is 9.60. The molecule has 7 nitrogen and oxygen atoms in total. The van der Waals surface area contributed by atoms with Gasteiger partial charge in [-0.15, -0.1) is 0 Å². The summed E-state index contributed by atoms with van der Waals surface area (Å²) in [5.41, 5.74) is 1.80. The van der Waals surface area contributed by atoms with Gasteiger partial charge in [0.25, 0.3) is 0 Å². The molecule has 1 aliphatic carbocycles. The van der Waals surface area contributed by atoms with E-state index in [1.54, 1.807) is 4.90 Å². The number of β-lactam (4-membered cyclic amide) rings is 1. The van der Waals surface area contributed by atoms with Crippen LogP contribution in [0.15, 0.2) is 71.1 Å². The molecule has 2 aromatic rings. The summed E-state index contributed by atoms with van der Waals surface area (Å²) in [6.07, 6.45) is 6.65. The number of halogens is 1. The van der Waals surface area contributed by atoms with Crippen LogP contribution >= 0.6 is 0 Å². The Balaban J connectivity index is 1.68. The Kier molecular flexibility index (Phi) is 5.38. The van der Waals surface area contributed by atoms with Gasteiger partial charge < -0.3 is 15.6 Å². The minimum atomic E-state index is -0.480. The summed E-state index contributed by atoms with van der Waals surface area (Å²) < 4.78 is 16.2. The minimum absolute atomic E-state index is 0.00896. The summed E-state index contributed by atoms with van der Waals surface area (Å²) in [6.45, 7) is 0.622. The predicted octanol–water partition coefficient (Wildman–Crippen LogP) is 3.39. The zero-order chi connectivity index (χ0) is 21.1. The van der Waals surface area contributed by atoms with Crippen molar-refractivity contribution < 1.29 is 9.18 Å². The van der Waals surface area contributed by atoms with E-state index in [4.69, 9.17) is 5.41 Å². The van der Waals surface area contributed by atoms with E-state index in [9.17, 15) is 14.0 Å². The molecular formula is C22H20FN5O2. The van der Waals surface area contributed by atoms with Crippen LogP contribution in [0.5, 0.6) is 0 Å². The maximum atomic E-state index is 14.8. The van der Waals surface area contributed by atoms with Crippen LogP contribution in [-0.2, 0) is 4.79 Å². The normalized spacial score (nSPS) is 16.8. The standard InChI is InChI=1S/C22H20FN5O2/c23-17-14-16(27-12-10-21(27)30)6-7-19(17)28-13-9-20(29)22(26-28)18(8-11-24)25-15-4-2-1-3-5-15/h1-5,8-9,11,13-14,24-25H,6-7,10,12H2/b18-8-,24-11?. The van der Waals surface area contributed by atoms with Gasteiger partial charge in [-0.1, -0.05) is 18.2 Å². The smallest absolute Gasteiger partial charge is 0.228 e. The van der Waals surface area contributed by atoms with Gasteiger partial charge in [-0.2, -0.15) is 5.10 Å². The summed E-state index contributed by atoms with van der Waals surface area (Å²) in [6, 6.07) is 10.5. The first-order chi connectivity index (χ1) is 14.6. The molecule has 0 saturated carbocycles. The second-order valence-electron chi connectivity index (χ2n) is 6.94. The Hall–Kier alpha value is -3.81. The van der Waals surface area contributed by atoms with Gasteiger partial charge >= 0.3 is 0 Å². The lowest BCUT2D eigenvalue weighted by atomic mass is 10.0. The van der Waals surface area contributed by atoms with Crippen molar-refractivity contribution in [3.05, 3.63) is 82.2 Å². The first kappa shape index (κ1) is 19.5. The second-order valence-corrected chi connectivity index (χ2v) is 6.94. The van der Waals surface area contributed by atoms with Crippen LogP contribution in [0.25, 0.3) is 11.4 Å². The number of para-hydroxylation sites is 1. The Morgan fingerprint density at radius 3 is 2.57 bits per heavy atom. The third-order valence-electron chi connectivity index (χ3n) is 5.03. The average molecular weight is 405 g/mol. The molecule has 152 valence electrons. The molecule has 1 saturated heterocycles. The molecule has 1 aromatic heterocycles. The van der Waals surface area contributed by atoms with E-state index < -0.39 is 5.83 Å². The number of nitrogens with one attached hydrogen (secondary N) is 2. The molecule has 2 heterocycles. The molecule has 1 amide bonds. The molecular weight excluding hydrogens is 385 g/mol. The maximum Gasteiger partial charge on any atom is 0.228 e. The van der Waals surface area contributed by atoms with Crippen molar-refractivity contribution >= 4 is 29.2 Å². The summed E-state index contributed by atoms with van der Waals surface area (Å²) >= 11 is 0. The van der Waals surface area contributed by atoms with Crippen LogP contribution < -0.4 is 10.7 Å². The lowest BCUT2D eigenvalue weighted by Crippen LogP contribution is -2.42. The van der Waals surface area contributed by atoms with Crippen molar-refractivity contribution in [2.45, 2.75) is 19.3 Å². The topological polar surface area (TPSA) is 91.1 Å². The number of likely N-dealkylation sites (tertiary alicyclic amines) is 1. The number of rotatable bonds is 6. The van der Waals surface area contributed by atoms with Gasteiger partial charge in [-0.3, -0.25) is 9.59 Å². The van der Waals surface area contributed by atoms with E-state index in [0.29, 0.717) is 42.9 Å². The number of carbonyl (C=O) groups excluding carboxylic acids is 1. The van der Waals surface area contributed by atoms with Crippen LogP contribution in [0.2, 0.25) is 0 Å². The monoisotopic (exact) mass is 405 g/mol. The highest BCUT2D eigenvalue weighted by atomic mass is 19.1. The highest BCUT2D eigenvalue weighted by Gasteiger charge is 2.29. The molecule has 0 radical (unpaired) electrons. The van der Waals surface area contributed by atoms with E-state index in [1.165, 1.54) is 29.1 Å².